The lowest BCUT2D eigenvalue weighted by Crippen LogP contribution is -2.52. The van der Waals surface area contributed by atoms with E-state index in [0.717, 1.165) is 29.7 Å². The molecule has 3 amide bonds. The third-order valence-corrected chi connectivity index (χ3v) is 8.84. The first-order valence-corrected chi connectivity index (χ1v) is 17.3. The summed E-state index contributed by atoms with van der Waals surface area (Å²) in [7, 11) is 0. The SMILES string of the molecule is O=C1CCC(N2Cc3cc(OCCOCCOCCOc4ccc(/C=C(/CCc5ccc(O)cc5)c5ccccc5)cc4)ccc3C2=O)C(=O)N1. The second kappa shape index (κ2) is 17.5. The van der Waals surface area contributed by atoms with Crippen molar-refractivity contribution in [3.63, 3.8) is 0 Å². The number of benzene rings is 4. The van der Waals surface area contributed by atoms with Gasteiger partial charge in [0.05, 0.1) is 26.4 Å². The van der Waals surface area contributed by atoms with Crippen molar-refractivity contribution in [2.75, 3.05) is 39.6 Å². The zero-order valence-corrected chi connectivity index (χ0v) is 28.4. The maximum Gasteiger partial charge on any atom is 0.255 e. The van der Waals surface area contributed by atoms with Crippen molar-refractivity contribution in [1.29, 1.82) is 0 Å². The number of carbonyl (C=O) groups is 3. The molecule has 2 N–H and O–H groups in total. The minimum Gasteiger partial charge on any atom is -0.508 e. The minimum atomic E-state index is -0.641. The van der Waals surface area contributed by atoms with E-state index in [2.05, 4.69) is 23.5 Å². The van der Waals surface area contributed by atoms with E-state index >= 15 is 0 Å². The fourth-order valence-corrected chi connectivity index (χ4v) is 6.15. The van der Waals surface area contributed by atoms with Crippen LogP contribution in [0.3, 0.4) is 0 Å². The highest BCUT2D eigenvalue weighted by molar-refractivity contribution is 6.05. The highest BCUT2D eigenvalue weighted by Crippen LogP contribution is 2.30. The number of aromatic hydroxyl groups is 1. The molecule has 1 fully saturated rings. The molecule has 0 saturated carbocycles. The molecule has 2 aliphatic heterocycles. The quantitative estimate of drug-likeness (QED) is 0.0808. The Labute approximate surface area is 297 Å². The average molecular weight is 691 g/mol. The average Bonchev–Trinajstić information content (AvgIpc) is 3.47. The smallest absolute Gasteiger partial charge is 0.255 e. The van der Waals surface area contributed by atoms with Crippen LogP contribution in [0.25, 0.3) is 11.6 Å². The highest BCUT2D eigenvalue weighted by Gasteiger charge is 2.39. The van der Waals surface area contributed by atoms with E-state index in [1.54, 1.807) is 24.3 Å². The molecular formula is C41H42N2O8. The monoisotopic (exact) mass is 690 g/mol. The van der Waals surface area contributed by atoms with Gasteiger partial charge in [-0.2, -0.15) is 0 Å². The van der Waals surface area contributed by atoms with E-state index in [1.807, 2.05) is 60.7 Å². The highest BCUT2D eigenvalue weighted by atomic mass is 16.6. The van der Waals surface area contributed by atoms with Gasteiger partial charge in [0.25, 0.3) is 5.91 Å². The van der Waals surface area contributed by atoms with Crippen LogP contribution in [0.2, 0.25) is 0 Å². The van der Waals surface area contributed by atoms with Crippen LogP contribution in [0.5, 0.6) is 17.2 Å². The first-order valence-electron chi connectivity index (χ1n) is 17.3. The Kier molecular flexibility index (Phi) is 12.1. The van der Waals surface area contributed by atoms with Crippen LogP contribution < -0.4 is 14.8 Å². The number of ether oxygens (including phenoxy) is 4. The van der Waals surface area contributed by atoms with Gasteiger partial charge in [0.2, 0.25) is 11.8 Å². The van der Waals surface area contributed by atoms with E-state index in [1.165, 1.54) is 21.6 Å². The first kappa shape index (κ1) is 35.4. The largest absolute Gasteiger partial charge is 0.508 e. The molecule has 0 spiro atoms. The number of phenols is 1. The van der Waals surface area contributed by atoms with E-state index in [9.17, 15) is 19.5 Å². The number of hydrogen-bond donors (Lipinski definition) is 2. The Hall–Kier alpha value is -5.45. The van der Waals surface area contributed by atoms with Crippen LogP contribution in [-0.4, -0.2) is 73.4 Å². The molecule has 0 bridgehead atoms. The van der Waals surface area contributed by atoms with Crippen LogP contribution in [-0.2, 0) is 32.0 Å². The Morgan fingerprint density at radius 2 is 1.45 bits per heavy atom. The van der Waals surface area contributed by atoms with Gasteiger partial charge < -0.3 is 29.0 Å². The topological polar surface area (TPSA) is 124 Å². The van der Waals surface area contributed by atoms with Gasteiger partial charge in [-0.1, -0.05) is 60.7 Å². The van der Waals surface area contributed by atoms with Gasteiger partial charge in [-0.3, -0.25) is 19.7 Å². The van der Waals surface area contributed by atoms with Crippen molar-refractivity contribution >= 4 is 29.4 Å². The lowest BCUT2D eigenvalue weighted by molar-refractivity contribution is -0.136. The maximum atomic E-state index is 12.9. The van der Waals surface area contributed by atoms with Crippen LogP contribution in [0, 0.1) is 0 Å². The molecular weight excluding hydrogens is 648 g/mol. The summed E-state index contributed by atoms with van der Waals surface area (Å²) in [6, 6.07) is 30.4. The Morgan fingerprint density at radius 1 is 0.784 bits per heavy atom. The fourth-order valence-electron chi connectivity index (χ4n) is 6.15. The number of nitrogens with zero attached hydrogens (tertiary/aromatic N) is 1. The summed E-state index contributed by atoms with van der Waals surface area (Å²) >= 11 is 0. The van der Waals surface area contributed by atoms with Gasteiger partial charge in [0.15, 0.2) is 0 Å². The third kappa shape index (κ3) is 9.84. The molecule has 10 heteroatoms. The molecule has 1 saturated heterocycles. The number of aryl methyl sites for hydroxylation is 1. The first-order chi connectivity index (χ1) is 24.9. The lowest BCUT2D eigenvalue weighted by atomic mass is 9.96. The standard InChI is InChI=1S/C41H42N2O8/c44-34-12-7-29(8-13-34)6-11-32(31-4-2-1-3-5-31)26-30-9-14-35(15-10-30)50-24-22-48-20-21-49-23-25-51-36-16-17-37-33(27-36)28-43(41(37)47)38-18-19-39(45)42-40(38)46/h1-5,7-10,12-17,26-27,38,44H,6,11,18-25,28H2,(H,42,45,46)/b32-26-. The molecule has 264 valence electrons. The number of piperidine rings is 1. The molecule has 1 atom stereocenters. The molecule has 4 aromatic carbocycles. The number of allylic oxidation sites excluding steroid dienone is 1. The Balaban J connectivity index is 0.855. The van der Waals surface area contributed by atoms with Crippen molar-refractivity contribution < 1.29 is 38.4 Å². The molecule has 2 aliphatic rings. The number of nitrogens with one attached hydrogen (secondary N) is 1. The van der Waals surface area contributed by atoms with Crippen molar-refractivity contribution in [1.82, 2.24) is 10.2 Å². The third-order valence-electron chi connectivity index (χ3n) is 8.84. The summed E-state index contributed by atoms with van der Waals surface area (Å²) in [5.41, 5.74) is 6.03. The number of imide groups is 1. The minimum absolute atomic E-state index is 0.210. The Morgan fingerprint density at radius 3 is 2.16 bits per heavy atom. The van der Waals surface area contributed by atoms with Gasteiger partial charge in [-0.05, 0) is 89.6 Å². The van der Waals surface area contributed by atoms with Gasteiger partial charge in [-0.25, -0.2) is 0 Å². The summed E-state index contributed by atoms with van der Waals surface area (Å²) in [5, 5.41) is 11.9. The lowest BCUT2D eigenvalue weighted by Gasteiger charge is -2.29. The number of amides is 3. The molecule has 6 rings (SSSR count). The van der Waals surface area contributed by atoms with Gasteiger partial charge in [-0.15, -0.1) is 0 Å². The molecule has 0 aliphatic carbocycles. The second-order valence-corrected chi connectivity index (χ2v) is 12.4. The molecule has 4 aromatic rings. The molecule has 51 heavy (non-hydrogen) atoms. The van der Waals surface area contributed by atoms with E-state index in [4.69, 9.17) is 18.9 Å². The predicted octanol–water partition coefficient (Wildman–Crippen LogP) is 5.82. The Bertz CT molecular complexity index is 1820. The number of rotatable bonds is 17. The summed E-state index contributed by atoms with van der Waals surface area (Å²) in [4.78, 5) is 38.1. The summed E-state index contributed by atoms with van der Waals surface area (Å²) in [6.07, 6.45) is 4.50. The fraction of sp³-hybridized carbons (Fsp3) is 0.293. The molecule has 1 unspecified atom stereocenters. The van der Waals surface area contributed by atoms with E-state index < -0.39 is 11.9 Å². The number of phenolic OH excluding ortho intramolecular Hbond substituents is 1. The van der Waals surface area contributed by atoms with Crippen LogP contribution in [0.1, 0.15) is 51.9 Å². The van der Waals surface area contributed by atoms with Gasteiger partial charge in [0, 0.05) is 18.5 Å². The van der Waals surface area contributed by atoms with Crippen molar-refractivity contribution in [3.05, 3.63) is 125 Å². The zero-order valence-electron chi connectivity index (χ0n) is 28.4. The van der Waals surface area contributed by atoms with Crippen LogP contribution in [0.4, 0.5) is 0 Å². The van der Waals surface area contributed by atoms with Gasteiger partial charge in [0.1, 0.15) is 36.5 Å². The van der Waals surface area contributed by atoms with Crippen molar-refractivity contribution in [2.24, 2.45) is 0 Å². The van der Waals surface area contributed by atoms with E-state index in [0.29, 0.717) is 63.9 Å². The molecule has 0 aromatic heterocycles. The normalized spacial score (nSPS) is 15.8. The van der Waals surface area contributed by atoms with Crippen molar-refractivity contribution in [2.45, 2.75) is 38.3 Å². The predicted molar refractivity (Wildman–Crippen MR) is 192 cm³/mol. The summed E-state index contributed by atoms with van der Waals surface area (Å²) in [5.74, 6) is 0.725. The summed E-state index contributed by atoms with van der Waals surface area (Å²) < 4.78 is 23.0. The molecule has 10 nitrogen and oxygen atoms in total. The van der Waals surface area contributed by atoms with Crippen LogP contribution in [0.15, 0.2) is 97.1 Å². The molecule has 0 radical (unpaired) electrons. The number of hydrogen-bond acceptors (Lipinski definition) is 8. The van der Waals surface area contributed by atoms with E-state index in [-0.39, 0.29) is 24.0 Å². The number of fused-ring (bicyclic) bond motifs is 1. The van der Waals surface area contributed by atoms with Crippen molar-refractivity contribution in [3.8, 4) is 17.2 Å². The van der Waals surface area contributed by atoms with Crippen LogP contribution >= 0.6 is 0 Å². The molecule has 2 heterocycles. The van der Waals surface area contributed by atoms with Gasteiger partial charge >= 0.3 is 0 Å². The number of carbonyl (C=O) groups excluding carboxylic acids is 3. The maximum absolute atomic E-state index is 12.9. The second-order valence-electron chi connectivity index (χ2n) is 12.4. The zero-order chi connectivity index (χ0) is 35.4. The summed E-state index contributed by atoms with van der Waals surface area (Å²) in [6.45, 7) is 2.71.